The number of hydrogen-bond donors (Lipinski definition) is 1. The molecule has 0 bridgehead atoms. The van der Waals surface area contributed by atoms with Crippen LogP contribution >= 0.6 is 0 Å². The summed E-state index contributed by atoms with van der Waals surface area (Å²) >= 11 is 0. The van der Waals surface area contributed by atoms with Crippen LogP contribution < -0.4 is 4.74 Å². The van der Waals surface area contributed by atoms with Gasteiger partial charge in [0.15, 0.2) is 0 Å². The second kappa shape index (κ2) is 12.2. The van der Waals surface area contributed by atoms with Gasteiger partial charge in [-0.05, 0) is 48.0 Å². The molecule has 7 nitrogen and oxygen atoms in total. The average Bonchev–Trinajstić information content (AvgIpc) is 3.32. The summed E-state index contributed by atoms with van der Waals surface area (Å²) in [5, 5.41) is 18.4. The van der Waals surface area contributed by atoms with Crippen molar-refractivity contribution in [2.75, 3.05) is 0 Å². The number of benzene rings is 3. The fourth-order valence-electron chi connectivity index (χ4n) is 4.66. The van der Waals surface area contributed by atoms with Gasteiger partial charge in [-0.3, -0.25) is 0 Å². The minimum Gasteiger partial charge on any atom is -0.478 e. The SMILES string of the molecule is CC(C)(Cn1c(Cc2ccc(-c3cccc(OCc4ccc(C#N)cc4F)n3)cc2F)nc2ccc(C(=O)O)cc21)C(F)F. The van der Waals surface area contributed by atoms with Crippen LogP contribution in [0.4, 0.5) is 17.6 Å². The Bertz CT molecular complexity index is 1910. The summed E-state index contributed by atoms with van der Waals surface area (Å²) in [7, 11) is 0. The largest absolute Gasteiger partial charge is 0.478 e. The summed E-state index contributed by atoms with van der Waals surface area (Å²) in [6.45, 7) is 2.51. The van der Waals surface area contributed by atoms with Crippen molar-refractivity contribution in [2.45, 2.75) is 39.8 Å². The first-order valence-corrected chi connectivity index (χ1v) is 13.5. The molecule has 0 unspecified atom stereocenters. The zero-order chi connectivity index (χ0) is 31.6. The number of carbonyl (C=O) groups is 1. The molecule has 0 amide bonds. The number of aromatic nitrogens is 3. The fourth-order valence-corrected chi connectivity index (χ4v) is 4.66. The van der Waals surface area contributed by atoms with E-state index in [9.17, 15) is 23.1 Å². The van der Waals surface area contributed by atoms with Crippen molar-refractivity contribution < 1.29 is 32.2 Å². The van der Waals surface area contributed by atoms with Crippen LogP contribution in [0.5, 0.6) is 5.88 Å². The lowest BCUT2D eigenvalue weighted by Gasteiger charge is -2.25. The zero-order valence-electron chi connectivity index (χ0n) is 23.7. The van der Waals surface area contributed by atoms with Gasteiger partial charge in [0.25, 0.3) is 0 Å². The lowest BCUT2D eigenvalue weighted by molar-refractivity contribution is 0.00857. The first-order valence-electron chi connectivity index (χ1n) is 13.5. The van der Waals surface area contributed by atoms with E-state index in [0.717, 1.165) is 6.07 Å². The molecule has 2 heterocycles. The Kier molecular flexibility index (Phi) is 8.36. The molecule has 0 aliphatic rings. The van der Waals surface area contributed by atoms with Gasteiger partial charge < -0.3 is 14.4 Å². The Morgan fingerprint density at radius 1 is 1.00 bits per heavy atom. The molecular formula is C33H26F4N4O3. The van der Waals surface area contributed by atoms with Crippen molar-refractivity contribution in [1.29, 1.82) is 5.26 Å². The molecule has 3 aromatic carbocycles. The number of halogens is 4. The minimum absolute atomic E-state index is 0.0173. The molecule has 1 N–H and O–H groups in total. The number of rotatable bonds is 10. The standard InChI is InChI=1S/C33H26F4N4O3/c1-33(2,32(36)37)18-41-28-14-22(31(42)43)10-11-27(28)39-29(41)15-20-8-9-21(13-25(20)35)26-4-3-5-30(40-26)44-17-23-7-6-19(16-38)12-24(23)34/h3-14,32H,15,17-18H2,1-2H3,(H,42,43). The Balaban J connectivity index is 1.40. The van der Waals surface area contributed by atoms with E-state index in [0.29, 0.717) is 28.1 Å². The smallest absolute Gasteiger partial charge is 0.335 e. The van der Waals surface area contributed by atoms with Gasteiger partial charge in [0.1, 0.15) is 24.1 Å². The van der Waals surface area contributed by atoms with E-state index in [1.165, 1.54) is 54.8 Å². The lowest BCUT2D eigenvalue weighted by atomic mass is 9.94. The topological polar surface area (TPSA) is 101 Å². The van der Waals surface area contributed by atoms with Crippen LogP contribution in [0.3, 0.4) is 0 Å². The normalized spacial score (nSPS) is 11.6. The van der Waals surface area contributed by atoms with Crippen LogP contribution in [-0.2, 0) is 19.6 Å². The van der Waals surface area contributed by atoms with E-state index < -0.39 is 29.4 Å². The van der Waals surface area contributed by atoms with Gasteiger partial charge in [0, 0.05) is 35.6 Å². The third-order valence-corrected chi connectivity index (χ3v) is 7.21. The highest BCUT2D eigenvalue weighted by molar-refractivity contribution is 5.92. The van der Waals surface area contributed by atoms with Gasteiger partial charge >= 0.3 is 5.97 Å². The van der Waals surface area contributed by atoms with E-state index in [-0.39, 0.29) is 47.7 Å². The molecule has 44 heavy (non-hydrogen) atoms. The number of pyridine rings is 1. The monoisotopic (exact) mass is 602 g/mol. The lowest BCUT2D eigenvalue weighted by Crippen LogP contribution is -2.28. The van der Waals surface area contributed by atoms with E-state index >= 15 is 4.39 Å². The van der Waals surface area contributed by atoms with Gasteiger partial charge in [0.05, 0.1) is 33.9 Å². The van der Waals surface area contributed by atoms with Gasteiger partial charge in [0.2, 0.25) is 12.3 Å². The number of nitriles is 1. The van der Waals surface area contributed by atoms with Crippen LogP contribution in [0, 0.1) is 28.4 Å². The number of hydrogen-bond acceptors (Lipinski definition) is 5. The predicted octanol–water partition coefficient (Wildman–Crippen LogP) is 7.41. The number of carboxylic acid groups (broad SMARTS) is 1. The van der Waals surface area contributed by atoms with Crippen LogP contribution in [0.1, 0.15) is 46.7 Å². The van der Waals surface area contributed by atoms with E-state index in [1.807, 2.05) is 6.07 Å². The Labute approximate surface area is 250 Å². The number of carboxylic acids is 1. The summed E-state index contributed by atoms with van der Waals surface area (Å²) in [6, 6.07) is 19.6. The van der Waals surface area contributed by atoms with Gasteiger partial charge in [-0.2, -0.15) is 5.26 Å². The van der Waals surface area contributed by atoms with E-state index in [1.54, 1.807) is 30.3 Å². The highest BCUT2D eigenvalue weighted by atomic mass is 19.3. The number of nitrogens with zero attached hydrogens (tertiary/aromatic N) is 4. The Hall–Kier alpha value is -5.24. The summed E-state index contributed by atoms with van der Waals surface area (Å²) in [4.78, 5) is 20.5. The third-order valence-electron chi connectivity index (χ3n) is 7.21. The van der Waals surface area contributed by atoms with Gasteiger partial charge in [-0.15, -0.1) is 0 Å². The van der Waals surface area contributed by atoms with E-state index in [2.05, 4.69) is 9.97 Å². The highest BCUT2D eigenvalue weighted by Crippen LogP contribution is 2.31. The first kappa shape index (κ1) is 30.2. The molecule has 0 aliphatic heterocycles. The number of aromatic carboxylic acids is 1. The molecule has 11 heteroatoms. The quantitative estimate of drug-likeness (QED) is 0.167. The summed E-state index contributed by atoms with van der Waals surface area (Å²) in [5.74, 6) is -1.82. The second-order valence-corrected chi connectivity index (χ2v) is 11.0. The highest BCUT2D eigenvalue weighted by Gasteiger charge is 2.32. The molecule has 5 rings (SSSR count). The summed E-state index contributed by atoms with van der Waals surface area (Å²) in [6.07, 6.45) is -2.70. The van der Waals surface area contributed by atoms with Gasteiger partial charge in [-0.1, -0.05) is 38.1 Å². The maximum atomic E-state index is 15.5. The summed E-state index contributed by atoms with van der Waals surface area (Å²) in [5.41, 5.74) is 0.835. The Morgan fingerprint density at radius 3 is 2.43 bits per heavy atom. The van der Waals surface area contributed by atoms with Crippen molar-refractivity contribution in [2.24, 2.45) is 5.41 Å². The number of imidazole rings is 1. The predicted molar refractivity (Wildman–Crippen MR) is 154 cm³/mol. The van der Waals surface area contributed by atoms with Crippen LogP contribution in [0.15, 0.2) is 72.8 Å². The molecule has 2 aromatic heterocycles. The number of fused-ring (bicyclic) bond motifs is 1. The molecule has 0 spiro atoms. The van der Waals surface area contributed by atoms with Gasteiger partial charge in [-0.25, -0.2) is 32.3 Å². The molecule has 0 radical (unpaired) electrons. The van der Waals surface area contributed by atoms with Crippen LogP contribution in [0.25, 0.3) is 22.3 Å². The third kappa shape index (κ3) is 6.39. The van der Waals surface area contributed by atoms with E-state index in [4.69, 9.17) is 10.00 Å². The van der Waals surface area contributed by atoms with Crippen molar-refractivity contribution in [3.8, 4) is 23.2 Å². The maximum absolute atomic E-state index is 15.5. The second-order valence-electron chi connectivity index (χ2n) is 11.0. The molecular weight excluding hydrogens is 576 g/mol. The Morgan fingerprint density at radius 2 is 1.75 bits per heavy atom. The molecule has 5 aromatic rings. The molecule has 0 fully saturated rings. The molecule has 0 aliphatic carbocycles. The fraction of sp³-hybridized carbons (Fsp3) is 0.212. The number of ether oxygens (including phenoxy) is 1. The minimum atomic E-state index is -2.66. The maximum Gasteiger partial charge on any atom is 0.335 e. The molecule has 0 atom stereocenters. The average molecular weight is 603 g/mol. The first-order chi connectivity index (χ1) is 20.9. The van der Waals surface area contributed by atoms with Crippen molar-refractivity contribution >= 4 is 17.0 Å². The van der Waals surface area contributed by atoms with Crippen LogP contribution in [-0.4, -0.2) is 32.0 Å². The van der Waals surface area contributed by atoms with Crippen molar-refractivity contribution in [3.63, 3.8) is 0 Å². The summed E-state index contributed by atoms with van der Waals surface area (Å²) < 4.78 is 64.5. The van der Waals surface area contributed by atoms with Crippen molar-refractivity contribution in [3.05, 3.63) is 113 Å². The van der Waals surface area contributed by atoms with Crippen molar-refractivity contribution in [1.82, 2.24) is 14.5 Å². The molecule has 224 valence electrons. The van der Waals surface area contributed by atoms with Crippen LogP contribution in [0.2, 0.25) is 0 Å². The number of alkyl halides is 2. The zero-order valence-corrected chi connectivity index (χ0v) is 23.7. The molecule has 0 saturated heterocycles. The molecule has 0 saturated carbocycles.